The fraction of sp³-hybridized carbons (Fsp3) is 0.200. The van der Waals surface area contributed by atoms with Crippen molar-refractivity contribution in [1.29, 1.82) is 0 Å². The van der Waals surface area contributed by atoms with Crippen molar-refractivity contribution in [3.63, 3.8) is 0 Å². The van der Waals surface area contributed by atoms with Gasteiger partial charge in [0, 0.05) is 17.3 Å². The Labute approximate surface area is 80.6 Å². The number of fused-ring (bicyclic) bond motifs is 1. The predicted molar refractivity (Wildman–Crippen MR) is 52.2 cm³/mol. The van der Waals surface area contributed by atoms with Gasteiger partial charge in [0.25, 0.3) is 0 Å². The number of carboxylic acid groups (broad SMARTS) is 1. The van der Waals surface area contributed by atoms with Crippen LogP contribution in [0.4, 0.5) is 0 Å². The van der Waals surface area contributed by atoms with Gasteiger partial charge >= 0.3 is 5.97 Å². The second-order valence-electron chi connectivity index (χ2n) is 3.20. The number of hydrogen-bond acceptors (Lipinski definition) is 2. The highest BCUT2D eigenvalue weighted by Gasteiger charge is 2.11. The molecule has 2 aromatic heterocycles. The first kappa shape index (κ1) is 8.74. The Hall–Kier alpha value is -1.84. The Morgan fingerprint density at radius 1 is 1.64 bits per heavy atom. The number of hydrogen-bond donors (Lipinski definition) is 2. The van der Waals surface area contributed by atoms with E-state index >= 15 is 0 Å². The number of aliphatic carboxylic acids is 1. The molecule has 0 radical (unpaired) electrons. The van der Waals surface area contributed by atoms with E-state index in [-0.39, 0.29) is 6.42 Å². The average Bonchev–Trinajstić information content (AvgIpc) is 2.43. The molecule has 0 saturated heterocycles. The first-order valence-electron chi connectivity index (χ1n) is 4.32. The highest BCUT2D eigenvalue weighted by atomic mass is 16.4. The first-order valence-corrected chi connectivity index (χ1v) is 4.32. The highest BCUT2D eigenvalue weighted by Crippen LogP contribution is 2.20. The summed E-state index contributed by atoms with van der Waals surface area (Å²) in [5.41, 5.74) is 2.45. The molecule has 2 aromatic rings. The maximum absolute atomic E-state index is 10.6. The quantitative estimate of drug-likeness (QED) is 0.754. The molecule has 14 heavy (non-hydrogen) atoms. The SMILES string of the molecule is Cc1[nH]c2ncccc2c1CC(=O)O. The molecule has 4 heteroatoms. The summed E-state index contributed by atoms with van der Waals surface area (Å²) < 4.78 is 0. The molecular formula is C10H10N2O2. The van der Waals surface area contributed by atoms with Crippen LogP contribution in [0.5, 0.6) is 0 Å². The molecule has 0 aliphatic rings. The monoisotopic (exact) mass is 190 g/mol. The summed E-state index contributed by atoms with van der Waals surface area (Å²) >= 11 is 0. The fourth-order valence-corrected chi connectivity index (χ4v) is 1.58. The van der Waals surface area contributed by atoms with Crippen LogP contribution in [0.25, 0.3) is 11.0 Å². The molecular weight excluding hydrogens is 180 g/mol. The van der Waals surface area contributed by atoms with Gasteiger partial charge in [-0.15, -0.1) is 0 Å². The van der Waals surface area contributed by atoms with Crippen molar-refractivity contribution < 1.29 is 9.90 Å². The van der Waals surface area contributed by atoms with Crippen molar-refractivity contribution in [3.8, 4) is 0 Å². The fourth-order valence-electron chi connectivity index (χ4n) is 1.58. The Bertz CT molecular complexity index is 488. The van der Waals surface area contributed by atoms with Gasteiger partial charge in [0.15, 0.2) is 0 Å². The lowest BCUT2D eigenvalue weighted by Crippen LogP contribution is -2.00. The molecule has 0 spiro atoms. The summed E-state index contributed by atoms with van der Waals surface area (Å²) in [6, 6.07) is 3.69. The molecule has 2 heterocycles. The van der Waals surface area contributed by atoms with Crippen LogP contribution in [0.2, 0.25) is 0 Å². The van der Waals surface area contributed by atoms with Crippen LogP contribution < -0.4 is 0 Å². The van der Waals surface area contributed by atoms with Crippen molar-refractivity contribution in [2.24, 2.45) is 0 Å². The number of pyridine rings is 1. The van der Waals surface area contributed by atoms with Gasteiger partial charge < -0.3 is 10.1 Å². The minimum atomic E-state index is -0.821. The number of aryl methyl sites for hydroxylation is 1. The average molecular weight is 190 g/mol. The molecule has 0 unspecified atom stereocenters. The van der Waals surface area contributed by atoms with E-state index in [2.05, 4.69) is 9.97 Å². The number of aromatic nitrogens is 2. The molecule has 2 N–H and O–H groups in total. The summed E-state index contributed by atoms with van der Waals surface area (Å²) in [7, 11) is 0. The highest BCUT2D eigenvalue weighted by molar-refractivity contribution is 5.85. The lowest BCUT2D eigenvalue weighted by Gasteiger charge is -1.95. The standard InChI is InChI=1S/C10H10N2O2/c1-6-8(5-9(13)14)7-3-2-4-11-10(7)12-6/h2-4H,5H2,1H3,(H,11,12)(H,13,14). The van der Waals surface area contributed by atoms with E-state index in [1.54, 1.807) is 12.3 Å². The van der Waals surface area contributed by atoms with Crippen molar-refractivity contribution >= 4 is 17.0 Å². The van der Waals surface area contributed by atoms with Crippen molar-refractivity contribution in [2.75, 3.05) is 0 Å². The first-order chi connectivity index (χ1) is 6.68. The second-order valence-corrected chi connectivity index (χ2v) is 3.20. The maximum atomic E-state index is 10.6. The van der Waals surface area contributed by atoms with Gasteiger partial charge in [0.05, 0.1) is 6.42 Å². The molecule has 0 fully saturated rings. The Morgan fingerprint density at radius 3 is 3.14 bits per heavy atom. The Balaban J connectivity index is 2.62. The van der Waals surface area contributed by atoms with Crippen LogP contribution >= 0.6 is 0 Å². The predicted octanol–water partition coefficient (Wildman–Crippen LogP) is 1.50. The molecule has 0 bridgehead atoms. The molecule has 0 saturated carbocycles. The summed E-state index contributed by atoms with van der Waals surface area (Å²) in [5.74, 6) is -0.821. The van der Waals surface area contributed by atoms with Crippen LogP contribution in [-0.4, -0.2) is 21.0 Å². The van der Waals surface area contributed by atoms with Gasteiger partial charge in [-0.3, -0.25) is 4.79 Å². The number of aromatic amines is 1. The Morgan fingerprint density at radius 2 is 2.43 bits per heavy atom. The normalized spacial score (nSPS) is 10.6. The number of nitrogens with one attached hydrogen (secondary N) is 1. The molecule has 0 amide bonds. The van der Waals surface area contributed by atoms with Gasteiger partial charge in [-0.05, 0) is 24.6 Å². The summed E-state index contributed by atoms with van der Waals surface area (Å²) in [6.07, 6.45) is 1.72. The van der Waals surface area contributed by atoms with Gasteiger partial charge in [-0.2, -0.15) is 0 Å². The minimum Gasteiger partial charge on any atom is -0.481 e. The summed E-state index contributed by atoms with van der Waals surface area (Å²) in [5, 5.41) is 9.63. The van der Waals surface area contributed by atoms with Crippen LogP contribution in [0.3, 0.4) is 0 Å². The van der Waals surface area contributed by atoms with Gasteiger partial charge in [-0.1, -0.05) is 0 Å². The number of carbonyl (C=O) groups is 1. The third kappa shape index (κ3) is 1.35. The van der Waals surface area contributed by atoms with Crippen LogP contribution in [-0.2, 0) is 11.2 Å². The number of carboxylic acids is 1. The van der Waals surface area contributed by atoms with Crippen LogP contribution in [0.1, 0.15) is 11.3 Å². The zero-order valence-corrected chi connectivity index (χ0v) is 7.74. The van der Waals surface area contributed by atoms with Crippen LogP contribution in [0.15, 0.2) is 18.3 Å². The molecule has 2 rings (SSSR count). The van der Waals surface area contributed by atoms with E-state index in [1.165, 1.54) is 0 Å². The summed E-state index contributed by atoms with van der Waals surface area (Å²) in [4.78, 5) is 17.8. The number of nitrogens with zero attached hydrogens (tertiary/aromatic N) is 1. The molecule has 72 valence electrons. The molecule has 0 aliphatic carbocycles. The van der Waals surface area contributed by atoms with E-state index in [1.807, 2.05) is 13.0 Å². The topological polar surface area (TPSA) is 66.0 Å². The summed E-state index contributed by atoms with van der Waals surface area (Å²) in [6.45, 7) is 1.86. The van der Waals surface area contributed by atoms with Crippen molar-refractivity contribution in [2.45, 2.75) is 13.3 Å². The van der Waals surface area contributed by atoms with Crippen LogP contribution in [0, 0.1) is 6.92 Å². The number of rotatable bonds is 2. The van der Waals surface area contributed by atoms with Gasteiger partial charge in [0.2, 0.25) is 0 Å². The van der Waals surface area contributed by atoms with E-state index < -0.39 is 5.97 Å². The van der Waals surface area contributed by atoms with E-state index in [0.29, 0.717) is 0 Å². The largest absolute Gasteiger partial charge is 0.481 e. The zero-order chi connectivity index (χ0) is 10.1. The molecule has 0 aliphatic heterocycles. The van der Waals surface area contributed by atoms with E-state index in [0.717, 1.165) is 22.3 Å². The smallest absolute Gasteiger partial charge is 0.307 e. The third-order valence-electron chi connectivity index (χ3n) is 2.22. The minimum absolute atomic E-state index is 0.0392. The third-order valence-corrected chi connectivity index (χ3v) is 2.22. The van der Waals surface area contributed by atoms with E-state index in [9.17, 15) is 4.79 Å². The molecule has 0 aromatic carbocycles. The van der Waals surface area contributed by atoms with E-state index in [4.69, 9.17) is 5.11 Å². The van der Waals surface area contributed by atoms with Crippen molar-refractivity contribution in [1.82, 2.24) is 9.97 Å². The lowest BCUT2D eigenvalue weighted by molar-refractivity contribution is -0.136. The maximum Gasteiger partial charge on any atom is 0.307 e. The molecule has 4 nitrogen and oxygen atoms in total. The zero-order valence-electron chi connectivity index (χ0n) is 7.74. The van der Waals surface area contributed by atoms with Gasteiger partial charge in [-0.25, -0.2) is 4.98 Å². The number of H-pyrrole nitrogens is 1. The lowest BCUT2D eigenvalue weighted by atomic mass is 10.1. The second kappa shape index (κ2) is 3.14. The van der Waals surface area contributed by atoms with Gasteiger partial charge in [0.1, 0.15) is 5.65 Å². The molecule has 0 atom stereocenters. The Kier molecular flexibility index (Phi) is 1.96. The van der Waals surface area contributed by atoms with Crippen molar-refractivity contribution in [3.05, 3.63) is 29.6 Å².